The topological polar surface area (TPSA) is 24.1 Å². The van der Waals surface area contributed by atoms with Crippen LogP contribution in [0.3, 0.4) is 0 Å². The summed E-state index contributed by atoms with van der Waals surface area (Å²) in [5.41, 5.74) is 1.85. The first-order chi connectivity index (χ1) is 8.65. The monoisotopic (exact) mass is 388 g/mol. The Morgan fingerprint density at radius 2 is 1.83 bits per heavy atom. The van der Waals surface area contributed by atoms with Crippen molar-refractivity contribution in [3.05, 3.63) is 57.1 Å². The highest BCUT2D eigenvalue weighted by Crippen LogP contribution is 2.18. The predicted molar refractivity (Wildman–Crippen MR) is 90.5 cm³/mol. The third-order valence-corrected chi connectivity index (χ3v) is 3.58. The molecule has 0 atom stereocenters. The van der Waals surface area contributed by atoms with Crippen molar-refractivity contribution in [2.24, 2.45) is 0 Å². The molecule has 0 aliphatic rings. The standard InChI is InChI=1S/C13H10ClIN2S/c14-9-4-3-5-10(8-9)16-13(18)17-12-7-2-1-6-11(12)15/h1-8H,(H2,16,17,18). The predicted octanol–water partition coefficient (Wildman–Crippen LogP) is 4.75. The smallest absolute Gasteiger partial charge is 0.175 e. The fourth-order valence-electron chi connectivity index (χ4n) is 1.41. The number of nitrogens with one attached hydrogen (secondary N) is 2. The number of para-hydroxylation sites is 1. The van der Waals surface area contributed by atoms with Gasteiger partial charge in [-0.25, -0.2) is 0 Å². The van der Waals surface area contributed by atoms with Gasteiger partial charge in [0, 0.05) is 14.3 Å². The zero-order valence-electron chi connectivity index (χ0n) is 9.28. The average Bonchev–Trinajstić information content (AvgIpc) is 2.32. The minimum atomic E-state index is 0.543. The summed E-state index contributed by atoms with van der Waals surface area (Å²) in [5.74, 6) is 0. The Morgan fingerprint density at radius 3 is 2.56 bits per heavy atom. The van der Waals surface area contributed by atoms with Crippen LogP contribution in [0.5, 0.6) is 0 Å². The molecule has 0 saturated carbocycles. The quantitative estimate of drug-likeness (QED) is 0.573. The van der Waals surface area contributed by atoms with Gasteiger partial charge in [-0.3, -0.25) is 0 Å². The van der Waals surface area contributed by atoms with E-state index in [4.69, 9.17) is 23.8 Å². The molecule has 0 radical (unpaired) electrons. The molecular weight excluding hydrogens is 379 g/mol. The first-order valence-electron chi connectivity index (χ1n) is 5.23. The Labute approximate surface area is 130 Å². The van der Waals surface area contributed by atoms with Gasteiger partial charge >= 0.3 is 0 Å². The number of benzene rings is 2. The van der Waals surface area contributed by atoms with E-state index in [2.05, 4.69) is 33.2 Å². The summed E-state index contributed by atoms with van der Waals surface area (Å²) >= 11 is 13.4. The van der Waals surface area contributed by atoms with Crippen molar-refractivity contribution < 1.29 is 0 Å². The molecule has 0 amide bonds. The average molecular weight is 389 g/mol. The number of halogens is 2. The second-order valence-electron chi connectivity index (χ2n) is 3.57. The molecule has 0 aliphatic carbocycles. The van der Waals surface area contributed by atoms with Crippen LogP contribution in [0.4, 0.5) is 11.4 Å². The molecule has 18 heavy (non-hydrogen) atoms. The van der Waals surface area contributed by atoms with Gasteiger partial charge in [-0.2, -0.15) is 0 Å². The molecule has 0 bridgehead atoms. The normalized spacial score (nSPS) is 9.89. The van der Waals surface area contributed by atoms with Crippen LogP contribution in [-0.2, 0) is 0 Å². The van der Waals surface area contributed by atoms with Gasteiger partial charge in [-0.05, 0) is 65.1 Å². The van der Waals surface area contributed by atoms with Crippen LogP contribution in [-0.4, -0.2) is 5.11 Å². The lowest BCUT2D eigenvalue weighted by atomic mass is 10.3. The van der Waals surface area contributed by atoms with Gasteiger partial charge in [-0.1, -0.05) is 29.8 Å². The highest BCUT2D eigenvalue weighted by atomic mass is 127. The van der Waals surface area contributed by atoms with Gasteiger partial charge < -0.3 is 10.6 Å². The van der Waals surface area contributed by atoms with Crippen LogP contribution in [0.2, 0.25) is 5.02 Å². The van der Waals surface area contributed by atoms with E-state index in [9.17, 15) is 0 Å². The molecule has 2 rings (SSSR count). The summed E-state index contributed by atoms with van der Waals surface area (Å²) in [6.45, 7) is 0. The molecule has 2 aromatic carbocycles. The summed E-state index contributed by atoms with van der Waals surface area (Å²) in [6, 6.07) is 15.4. The number of hydrogen-bond donors (Lipinski definition) is 2. The Hall–Kier alpha value is -0.850. The van der Waals surface area contributed by atoms with Gasteiger partial charge in [0.2, 0.25) is 0 Å². The SMILES string of the molecule is S=C(Nc1cccc(Cl)c1)Nc1ccccc1I. The lowest BCUT2D eigenvalue weighted by Crippen LogP contribution is -2.19. The second kappa shape index (κ2) is 6.36. The summed E-state index contributed by atoms with van der Waals surface area (Å²) in [7, 11) is 0. The van der Waals surface area contributed by atoms with Crippen molar-refractivity contribution in [1.29, 1.82) is 0 Å². The molecule has 0 unspecified atom stereocenters. The van der Waals surface area contributed by atoms with Crippen molar-refractivity contribution in [3.63, 3.8) is 0 Å². The Bertz CT molecular complexity index is 574. The molecule has 0 aromatic heterocycles. The van der Waals surface area contributed by atoms with Crippen LogP contribution in [0.15, 0.2) is 48.5 Å². The maximum absolute atomic E-state index is 5.91. The number of hydrogen-bond acceptors (Lipinski definition) is 1. The van der Waals surface area contributed by atoms with E-state index in [1.54, 1.807) is 0 Å². The summed E-state index contributed by atoms with van der Waals surface area (Å²) in [5, 5.41) is 7.46. The van der Waals surface area contributed by atoms with Gasteiger partial charge in [0.1, 0.15) is 0 Å². The zero-order valence-corrected chi connectivity index (χ0v) is 13.0. The molecule has 0 heterocycles. The molecule has 0 fully saturated rings. The van der Waals surface area contributed by atoms with Gasteiger partial charge in [0.15, 0.2) is 5.11 Å². The van der Waals surface area contributed by atoms with Crippen LogP contribution in [0.1, 0.15) is 0 Å². The van der Waals surface area contributed by atoms with E-state index in [1.165, 1.54) is 0 Å². The highest BCUT2D eigenvalue weighted by molar-refractivity contribution is 14.1. The van der Waals surface area contributed by atoms with Gasteiger partial charge in [0.25, 0.3) is 0 Å². The molecule has 0 spiro atoms. The third-order valence-electron chi connectivity index (χ3n) is 2.20. The molecule has 0 saturated heterocycles. The Kier molecular flexibility index (Phi) is 4.79. The van der Waals surface area contributed by atoms with E-state index in [0.29, 0.717) is 10.1 Å². The minimum absolute atomic E-state index is 0.543. The molecule has 2 aromatic rings. The third kappa shape index (κ3) is 3.83. The molecule has 0 aliphatic heterocycles. The van der Waals surface area contributed by atoms with E-state index >= 15 is 0 Å². The number of rotatable bonds is 2. The fourth-order valence-corrected chi connectivity index (χ4v) is 2.35. The van der Waals surface area contributed by atoms with Crippen LogP contribution < -0.4 is 10.6 Å². The molecular formula is C13H10ClIN2S. The minimum Gasteiger partial charge on any atom is -0.332 e. The van der Waals surface area contributed by atoms with Crippen molar-refractivity contribution >= 4 is 62.9 Å². The van der Waals surface area contributed by atoms with E-state index in [-0.39, 0.29) is 0 Å². The largest absolute Gasteiger partial charge is 0.332 e. The summed E-state index contributed by atoms with van der Waals surface area (Å²) in [6.07, 6.45) is 0. The van der Waals surface area contributed by atoms with Crippen LogP contribution in [0, 0.1) is 3.57 Å². The van der Waals surface area contributed by atoms with Crippen LogP contribution >= 0.6 is 46.4 Å². The first-order valence-corrected chi connectivity index (χ1v) is 7.10. The number of anilines is 2. The number of thiocarbonyl (C=S) groups is 1. The van der Waals surface area contributed by atoms with Crippen molar-refractivity contribution in [3.8, 4) is 0 Å². The van der Waals surface area contributed by atoms with Gasteiger partial charge in [-0.15, -0.1) is 0 Å². The zero-order chi connectivity index (χ0) is 13.0. The molecule has 92 valence electrons. The first kappa shape index (κ1) is 13.6. The van der Waals surface area contributed by atoms with E-state index in [0.717, 1.165) is 14.9 Å². The maximum atomic E-state index is 5.91. The van der Waals surface area contributed by atoms with Crippen molar-refractivity contribution in [1.82, 2.24) is 0 Å². The maximum Gasteiger partial charge on any atom is 0.175 e. The van der Waals surface area contributed by atoms with Crippen molar-refractivity contribution in [2.75, 3.05) is 10.6 Å². The van der Waals surface area contributed by atoms with E-state index in [1.807, 2.05) is 48.5 Å². The molecule has 2 N–H and O–H groups in total. The van der Waals surface area contributed by atoms with Crippen LogP contribution in [0.25, 0.3) is 0 Å². The van der Waals surface area contributed by atoms with Gasteiger partial charge in [0.05, 0.1) is 5.69 Å². The second-order valence-corrected chi connectivity index (χ2v) is 5.58. The molecule has 5 heteroatoms. The molecule has 2 nitrogen and oxygen atoms in total. The summed E-state index contributed by atoms with van der Waals surface area (Å²) < 4.78 is 1.12. The lowest BCUT2D eigenvalue weighted by molar-refractivity contribution is 1.57. The Balaban J connectivity index is 2.03. The Morgan fingerprint density at radius 1 is 1.06 bits per heavy atom. The lowest BCUT2D eigenvalue weighted by Gasteiger charge is -2.11. The van der Waals surface area contributed by atoms with Crippen molar-refractivity contribution in [2.45, 2.75) is 0 Å². The highest BCUT2D eigenvalue weighted by Gasteiger charge is 2.02. The summed E-state index contributed by atoms with van der Waals surface area (Å²) in [4.78, 5) is 0. The fraction of sp³-hybridized carbons (Fsp3) is 0. The van der Waals surface area contributed by atoms with E-state index < -0.39 is 0 Å².